The van der Waals surface area contributed by atoms with E-state index in [0.29, 0.717) is 16.3 Å². The Morgan fingerprint density at radius 3 is 2.57 bits per heavy atom. The number of Topliss-reactive ketones (excluding diaryl/α,β-unsaturated/α-hetero) is 1. The zero-order valence-corrected chi connectivity index (χ0v) is 17.2. The first-order chi connectivity index (χ1) is 13.5. The highest BCUT2D eigenvalue weighted by Crippen LogP contribution is 2.43. The van der Waals surface area contributed by atoms with Crippen molar-refractivity contribution in [2.24, 2.45) is 0 Å². The summed E-state index contributed by atoms with van der Waals surface area (Å²) in [5, 5.41) is 13.1. The highest BCUT2D eigenvalue weighted by molar-refractivity contribution is 9.10. The number of rotatable bonds is 3. The van der Waals surface area contributed by atoms with Crippen LogP contribution in [0.25, 0.3) is 5.76 Å². The summed E-state index contributed by atoms with van der Waals surface area (Å²) >= 11 is 4.70. The number of aromatic nitrogens is 1. The second kappa shape index (κ2) is 7.33. The quantitative estimate of drug-likeness (QED) is 0.349. The van der Waals surface area contributed by atoms with Gasteiger partial charge < -0.3 is 5.11 Å². The maximum absolute atomic E-state index is 12.9. The molecule has 1 N–H and O–H groups in total. The van der Waals surface area contributed by atoms with Gasteiger partial charge in [-0.2, -0.15) is 0 Å². The van der Waals surface area contributed by atoms with Crippen LogP contribution in [-0.2, 0) is 9.59 Å². The van der Waals surface area contributed by atoms with Crippen LogP contribution in [0.4, 0.5) is 5.13 Å². The molecule has 7 heteroatoms. The third-order valence-corrected chi connectivity index (χ3v) is 5.82. The van der Waals surface area contributed by atoms with Crippen LogP contribution in [0.3, 0.4) is 0 Å². The molecule has 0 bridgehead atoms. The van der Waals surface area contributed by atoms with E-state index in [0.717, 1.165) is 10.0 Å². The molecule has 2 aromatic carbocycles. The topological polar surface area (TPSA) is 70.5 Å². The Balaban J connectivity index is 1.95. The molecule has 4 rings (SSSR count). The number of aliphatic hydroxyl groups is 1. The maximum atomic E-state index is 12.9. The minimum atomic E-state index is -0.759. The van der Waals surface area contributed by atoms with Gasteiger partial charge >= 0.3 is 5.91 Å². The van der Waals surface area contributed by atoms with Gasteiger partial charge in [-0.15, -0.1) is 11.3 Å². The Kier molecular flexibility index (Phi) is 4.87. The van der Waals surface area contributed by atoms with Crippen molar-refractivity contribution in [3.63, 3.8) is 0 Å². The Morgan fingerprint density at radius 1 is 1.18 bits per heavy atom. The lowest BCUT2D eigenvalue weighted by Gasteiger charge is -2.23. The molecule has 1 fully saturated rings. The molecule has 0 saturated carbocycles. The third kappa shape index (κ3) is 3.16. The second-order valence-electron chi connectivity index (χ2n) is 6.40. The van der Waals surface area contributed by atoms with Crippen LogP contribution in [-0.4, -0.2) is 21.8 Å². The summed E-state index contributed by atoms with van der Waals surface area (Å²) in [6.45, 7) is 1.94. The summed E-state index contributed by atoms with van der Waals surface area (Å²) in [4.78, 5) is 31.3. The molecule has 1 aliphatic rings. The molecule has 140 valence electrons. The van der Waals surface area contributed by atoms with E-state index in [9.17, 15) is 14.7 Å². The first kappa shape index (κ1) is 18.6. The lowest BCUT2D eigenvalue weighted by atomic mass is 9.95. The van der Waals surface area contributed by atoms with Crippen molar-refractivity contribution in [3.8, 4) is 0 Å². The maximum Gasteiger partial charge on any atom is 0.301 e. The normalized spacial score (nSPS) is 18.6. The molecule has 0 aliphatic carbocycles. The molecular formula is C21H15BrN2O3S. The van der Waals surface area contributed by atoms with Gasteiger partial charge in [0, 0.05) is 21.6 Å². The van der Waals surface area contributed by atoms with Gasteiger partial charge in [-0.1, -0.05) is 57.9 Å². The van der Waals surface area contributed by atoms with Crippen LogP contribution in [0.5, 0.6) is 0 Å². The molecule has 1 atom stereocenters. The number of hydrogen-bond acceptors (Lipinski definition) is 5. The Hall–Kier alpha value is -2.77. The third-order valence-electron chi connectivity index (χ3n) is 4.56. The molecule has 0 radical (unpaired) electrons. The van der Waals surface area contributed by atoms with Crippen molar-refractivity contribution >= 4 is 49.8 Å². The molecule has 1 saturated heterocycles. The highest BCUT2D eigenvalue weighted by Gasteiger charge is 2.47. The number of carbonyl (C=O) groups excluding carboxylic acids is 2. The summed E-state index contributed by atoms with van der Waals surface area (Å²) in [6.07, 6.45) is 1.58. The number of hydrogen-bond donors (Lipinski definition) is 1. The minimum absolute atomic E-state index is 0.0575. The number of thiazole rings is 1. The molecule has 1 amide bonds. The van der Waals surface area contributed by atoms with Gasteiger partial charge in [0.05, 0.1) is 11.6 Å². The van der Waals surface area contributed by atoms with Crippen molar-refractivity contribution in [2.75, 3.05) is 4.90 Å². The van der Waals surface area contributed by atoms with Crippen LogP contribution in [0.2, 0.25) is 0 Å². The summed E-state index contributed by atoms with van der Waals surface area (Å²) in [5.74, 6) is -1.62. The van der Waals surface area contributed by atoms with Crippen molar-refractivity contribution in [1.82, 2.24) is 4.98 Å². The highest BCUT2D eigenvalue weighted by atomic mass is 79.9. The number of anilines is 1. The Bertz CT molecular complexity index is 1090. The number of ketones is 1. The molecule has 3 aromatic rings. The van der Waals surface area contributed by atoms with Gasteiger partial charge in [0.15, 0.2) is 5.13 Å². The first-order valence-corrected chi connectivity index (χ1v) is 10.2. The van der Waals surface area contributed by atoms with E-state index in [1.54, 1.807) is 23.7 Å². The van der Waals surface area contributed by atoms with Gasteiger partial charge in [0.2, 0.25) is 0 Å². The number of nitrogens with zero attached hydrogens (tertiary/aromatic N) is 2. The van der Waals surface area contributed by atoms with E-state index >= 15 is 0 Å². The van der Waals surface area contributed by atoms with E-state index in [1.165, 1.54) is 16.2 Å². The van der Waals surface area contributed by atoms with Crippen LogP contribution in [0.15, 0.2) is 70.2 Å². The van der Waals surface area contributed by atoms with Gasteiger partial charge in [0.25, 0.3) is 5.78 Å². The van der Waals surface area contributed by atoms with E-state index in [2.05, 4.69) is 20.9 Å². The number of amides is 1. The van der Waals surface area contributed by atoms with E-state index in [1.807, 2.05) is 43.3 Å². The first-order valence-electron chi connectivity index (χ1n) is 8.50. The lowest BCUT2D eigenvalue weighted by molar-refractivity contribution is -0.132. The molecule has 1 aromatic heterocycles. The number of aryl methyl sites for hydroxylation is 1. The molecule has 1 aliphatic heterocycles. The van der Waals surface area contributed by atoms with E-state index < -0.39 is 17.7 Å². The predicted molar refractivity (Wildman–Crippen MR) is 112 cm³/mol. The fraction of sp³-hybridized carbons (Fsp3) is 0.0952. The average molecular weight is 455 g/mol. The van der Waals surface area contributed by atoms with Crippen LogP contribution in [0.1, 0.15) is 22.7 Å². The molecule has 28 heavy (non-hydrogen) atoms. The van der Waals surface area contributed by atoms with Crippen LogP contribution in [0, 0.1) is 6.92 Å². The summed E-state index contributed by atoms with van der Waals surface area (Å²) in [6, 6.07) is 13.7. The predicted octanol–water partition coefficient (Wildman–Crippen LogP) is 4.84. The Labute approximate surface area is 174 Å². The fourth-order valence-electron chi connectivity index (χ4n) is 3.22. The largest absolute Gasteiger partial charge is 0.507 e. The van der Waals surface area contributed by atoms with Gasteiger partial charge in [-0.3, -0.25) is 14.5 Å². The standard InChI is InChI=1S/C21H15BrN2O3S/c1-12-5-7-13(8-6-12)18(25)16-17(14-3-2-4-15(22)11-14)24(20(27)19(16)26)21-23-9-10-28-21/h2-11,17,25H,1H3/b18-16+/t17-/m1/s1. The smallest absolute Gasteiger partial charge is 0.301 e. The SMILES string of the molecule is Cc1ccc(/C(O)=C2\C(=O)C(=O)N(c3nccs3)[C@@H]2c2cccc(Br)c2)cc1. The average Bonchev–Trinajstić information content (AvgIpc) is 3.29. The molecular weight excluding hydrogens is 440 g/mol. The zero-order valence-electron chi connectivity index (χ0n) is 14.8. The van der Waals surface area contributed by atoms with Gasteiger partial charge in [-0.25, -0.2) is 4.98 Å². The lowest BCUT2D eigenvalue weighted by Crippen LogP contribution is -2.29. The fourth-order valence-corrected chi connectivity index (χ4v) is 4.31. The Morgan fingerprint density at radius 2 is 1.93 bits per heavy atom. The van der Waals surface area contributed by atoms with Crippen molar-refractivity contribution in [1.29, 1.82) is 0 Å². The molecule has 2 heterocycles. The van der Waals surface area contributed by atoms with E-state index in [-0.39, 0.29) is 11.3 Å². The molecule has 0 spiro atoms. The monoisotopic (exact) mass is 454 g/mol. The van der Waals surface area contributed by atoms with Crippen molar-refractivity contribution in [2.45, 2.75) is 13.0 Å². The van der Waals surface area contributed by atoms with Gasteiger partial charge in [-0.05, 0) is 24.6 Å². The number of aliphatic hydroxyl groups excluding tert-OH is 1. The van der Waals surface area contributed by atoms with Crippen LogP contribution < -0.4 is 4.90 Å². The summed E-state index contributed by atoms with van der Waals surface area (Å²) < 4.78 is 0.810. The number of halogens is 1. The second-order valence-corrected chi connectivity index (χ2v) is 8.19. The number of benzene rings is 2. The minimum Gasteiger partial charge on any atom is -0.507 e. The number of carbonyl (C=O) groups is 2. The summed E-state index contributed by atoms with van der Waals surface area (Å²) in [5.41, 5.74) is 2.28. The summed E-state index contributed by atoms with van der Waals surface area (Å²) in [7, 11) is 0. The van der Waals surface area contributed by atoms with Crippen LogP contribution >= 0.6 is 27.3 Å². The molecule has 0 unspecified atom stereocenters. The van der Waals surface area contributed by atoms with Crippen molar-refractivity contribution in [3.05, 3.63) is 86.8 Å². The van der Waals surface area contributed by atoms with E-state index in [4.69, 9.17) is 0 Å². The van der Waals surface area contributed by atoms with Gasteiger partial charge in [0.1, 0.15) is 5.76 Å². The zero-order chi connectivity index (χ0) is 19.8. The van der Waals surface area contributed by atoms with Crippen molar-refractivity contribution < 1.29 is 14.7 Å². The molecule has 5 nitrogen and oxygen atoms in total.